The lowest BCUT2D eigenvalue weighted by molar-refractivity contribution is -0.120. The molecule has 0 radical (unpaired) electrons. The Morgan fingerprint density at radius 1 is 1.15 bits per heavy atom. The number of hydrogen-bond donors (Lipinski definition) is 3. The maximum atomic E-state index is 15.3. The van der Waals surface area contributed by atoms with E-state index in [2.05, 4.69) is 32.0 Å². The van der Waals surface area contributed by atoms with E-state index in [4.69, 9.17) is 5.26 Å². The van der Waals surface area contributed by atoms with Gasteiger partial charge in [-0.05, 0) is 61.0 Å². The minimum absolute atomic E-state index is 0.0400. The van der Waals surface area contributed by atoms with Gasteiger partial charge in [-0.2, -0.15) is 5.26 Å². The number of carbonyl (C=O) groups excluding carboxylic acids is 2. The summed E-state index contributed by atoms with van der Waals surface area (Å²) in [5, 5.41) is 17.7. The molecule has 8 nitrogen and oxygen atoms in total. The normalized spacial score (nSPS) is 13.1. The van der Waals surface area contributed by atoms with Crippen molar-refractivity contribution in [1.29, 1.82) is 5.26 Å². The summed E-state index contributed by atoms with van der Waals surface area (Å²) in [7, 11) is 1.72. The van der Waals surface area contributed by atoms with Gasteiger partial charge in [-0.25, -0.2) is 14.4 Å². The number of anilines is 3. The van der Waals surface area contributed by atoms with Gasteiger partial charge in [0.2, 0.25) is 5.91 Å². The number of carbonyl (C=O) groups is 2. The predicted octanol–water partition coefficient (Wildman–Crippen LogP) is 6.64. The zero-order valence-electron chi connectivity index (χ0n) is 23.1. The second-order valence-electron chi connectivity index (χ2n) is 9.12. The maximum Gasteiger partial charge on any atom is 0.227 e. The first-order chi connectivity index (χ1) is 19.5. The molecule has 208 valence electrons. The topological polar surface area (TPSA) is 120 Å². The van der Waals surface area contributed by atoms with Crippen LogP contribution in [0.2, 0.25) is 0 Å². The first kappa shape index (κ1) is 30.0. The molecule has 4 rings (SSSR count). The van der Waals surface area contributed by atoms with E-state index in [0.29, 0.717) is 34.9 Å². The van der Waals surface area contributed by atoms with E-state index < -0.39 is 5.82 Å². The predicted molar refractivity (Wildman–Crippen MR) is 157 cm³/mol. The van der Waals surface area contributed by atoms with Gasteiger partial charge >= 0.3 is 0 Å². The van der Waals surface area contributed by atoms with Crippen LogP contribution in [-0.4, -0.2) is 29.2 Å². The van der Waals surface area contributed by atoms with Crippen molar-refractivity contribution in [3.05, 3.63) is 71.4 Å². The van der Waals surface area contributed by atoms with Crippen LogP contribution in [0.25, 0.3) is 17.3 Å². The molecule has 40 heavy (non-hydrogen) atoms. The van der Waals surface area contributed by atoms with Crippen molar-refractivity contribution < 1.29 is 14.0 Å². The van der Waals surface area contributed by atoms with Gasteiger partial charge in [0.1, 0.15) is 11.6 Å². The highest BCUT2D eigenvalue weighted by Gasteiger charge is 2.22. The van der Waals surface area contributed by atoms with E-state index in [9.17, 15) is 9.59 Å². The summed E-state index contributed by atoms with van der Waals surface area (Å²) in [5.41, 5.74) is 2.69. The molecule has 1 aromatic carbocycles. The molecule has 0 bridgehead atoms. The van der Waals surface area contributed by atoms with Crippen molar-refractivity contribution in [2.24, 2.45) is 5.92 Å². The van der Waals surface area contributed by atoms with Gasteiger partial charge < -0.3 is 16.0 Å². The molecule has 2 aromatic heterocycles. The lowest BCUT2D eigenvalue weighted by Crippen LogP contribution is -2.24. The van der Waals surface area contributed by atoms with E-state index in [1.54, 1.807) is 55.9 Å². The molecule has 3 N–H and O–H groups in total. The van der Waals surface area contributed by atoms with Crippen LogP contribution >= 0.6 is 0 Å². The molecular formula is C31H35FN6O2. The molecule has 0 aliphatic heterocycles. The van der Waals surface area contributed by atoms with Crippen LogP contribution in [0, 0.1) is 23.1 Å². The number of aromatic nitrogens is 2. The first-order valence-electron chi connectivity index (χ1n) is 13.6. The summed E-state index contributed by atoms with van der Waals surface area (Å²) in [4.78, 5) is 33.5. The number of amides is 1. The minimum Gasteiger partial charge on any atom is -0.394 e. The minimum atomic E-state index is -0.550. The number of nitrogens with one attached hydrogen (secondary N) is 3. The third-order valence-corrected chi connectivity index (χ3v) is 6.47. The molecule has 9 heteroatoms. The lowest BCUT2D eigenvalue weighted by Gasteiger charge is -2.21. The van der Waals surface area contributed by atoms with Crippen LogP contribution in [0.4, 0.5) is 21.6 Å². The van der Waals surface area contributed by atoms with Crippen LogP contribution in [-0.2, 0) is 11.2 Å². The largest absolute Gasteiger partial charge is 0.394 e. The molecule has 1 fully saturated rings. The summed E-state index contributed by atoms with van der Waals surface area (Å²) in [5.74, 6) is -0.214. The van der Waals surface area contributed by atoms with Crippen molar-refractivity contribution in [1.82, 2.24) is 15.3 Å². The maximum absolute atomic E-state index is 15.3. The number of rotatable bonds is 9. The van der Waals surface area contributed by atoms with E-state index in [-0.39, 0.29) is 29.4 Å². The monoisotopic (exact) mass is 542 g/mol. The Morgan fingerprint density at radius 2 is 1.93 bits per heavy atom. The molecule has 1 amide bonds. The number of nitriles is 1. The fourth-order valence-electron chi connectivity index (χ4n) is 4.47. The average Bonchev–Trinajstić information content (AvgIpc) is 2.98. The molecule has 2 heterocycles. The van der Waals surface area contributed by atoms with Crippen LogP contribution in [0.5, 0.6) is 0 Å². The van der Waals surface area contributed by atoms with Gasteiger partial charge in [-0.1, -0.05) is 39.2 Å². The highest BCUT2D eigenvalue weighted by Crippen LogP contribution is 2.31. The Hall–Kier alpha value is -4.58. The third-order valence-electron chi connectivity index (χ3n) is 6.47. The smallest absolute Gasteiger partial charge is 0.227 e. The Morgan fingerprint density at radius 3 is 2.55 bits per heavy atom. The first-order valence-corrected chi connectivity index (χ1v) is 13.6. The number of hydrogen-bond acceptors (Lipinski definition) is 7. The van der Waals surface area contributed by atoms with E-state index in [1.807, 2.05) is 13.8 Å². The van der Waals surface area contributed by atoms with Crippen LogP contribution < -0.4 is 16.0 Å². The van der Waals surface area contributed by atoms with Crippen LogP contribution in [0.3, 0.4) is 0 Å². The number of halogens is 1. The molecule has 1 aliphatic rings. The summed E-state index contributed by atoms with van der Waals surface area (Å²) in [6.07, 6.45) is 10.7. The highest BCUT2D eigenvalue weighted by atomic mass is 19.1. The molecule has 1 saturated carbocycles. The summed E-state index contributed by atoms with van der Waals surface area (Å²) >= 11 is 0. The summed E-state index contributed by atoms with van der Waals surface area (Å²) < 4.78 is 15.3. The number of benzene rings is 1. The molecule has 3 aromatic rings. The standard InChI is InChI=1S/C29H29FN6O2.C2H6/c1-32-14-12-25-23(18-37)27(36-28-10-7-19(11-13-31)17-33-28)16-26(35-25)22-9-8-21(15-24(22)30)34-29(38)20-5-3-2-4-6-20;1-2/h7-10,12,14-18,20,32H,2-6,11H2,1H3,(H,34,38)(H,33,35,36);1-2H3/b14-12-;. The van der Waals surface area contributed by atoms with Gasteiger partial charge in [-0.3, -0.25) is 9.59 Å². The van der Waals surface area contributed by atoms with Gasteiger partial charge in [0.15, 0.2) is 6.29 Å². The number of pyridine rings is 2. The second kappa shape index (κ2) is 15.1. The number of aldehydes is 1. The zero-order valence-corrected chi connectivity index (χ0v) is 23.1. The van der Waals surface area contributed by atoms with Gasteiger partial charge in [0.25, 0.3) is 0 Å². The third kappa shape index (κ3) is 7.73. The molecule has 1 aliphatic carbocycles. The Kier molecular flexibility index (Phi) is 11.3. The van der Waals surface area contributed by atoms with E-state index in [0.717, 1.165) is 37.7 Å². The average molecular weight is 543 g/mol. The van der Waals surface area contributed by atoms with Crippen LogP contribution in [0.15, 0.2) is 48.8 Å². The van der Waals surface area contributed by atoms with E-state index >= 15 is 4.39 Å². The van der Waals surface area contributed by atoms with Crippen molar-refractivity contribution >= 4 is 35.5 Å². The lowest BCUT2D eigenvalue weighted by atomic mass is 9.88. The van der Waals surface area contributed by atoms with Gasteiger partial charge in [-0.15, -0.1) is 0 Å². The zero-order chi connectivity index (χ0) is 28.9. The highest BCUT2D eigenvalue weighted by molar-refractivity contribution is 5.93. The fourth-order valence-corrected chi connectivity index (χ4v) is 4.47. The number of nitrogens with zero attached hydrogens (tertiary/aromatic N) is 3. The Balaban J connectivity index is 0.00000216. The van der Waals surface area contributed by atoms with Crippen molar-refractivity contribution in [3.8, 4) is 17.3 Å². The van der Waals surface area contributed by atoms with Crippen molar-refractivity contribution in [2.45, 2.75) is 52.4 Å². The van der Waals surface area contributed by atoms with Crippen molar-refractivity contribution in [3.63, 3.8) is 0 Å². The Labute approximate surface area is 234 Å². The summed E-state index contributed by atoms with van der Waals surface area (Å²) in [6.45, 7) is 4.00. The summed E-state index contributed by atoms with van der Waals surface area (Å²) in [6, 6.07) is 11.6. The van der Waals surface area contributed by atoms with Crippen molar-refractivity contribution in [2.75, 3.05) is 17.7 Å². The van der Waals surface area contributed by atoms with Crippen LogP contribution in [0.1, 0.15) is 67.6 Å². The molecule has 0 saturated heterocycles. The van der Waals surface area contributed by atoms with E-state index in [1.165, 1.54) is 6.07 Å². The Bertz CT molecular complexity index is 1380. The van der Waals surface area contributed by atoms with Gasteiger partial charge in [0, 0.05) is 30.4 Å². The molecule has 0 unspecified atom stereocenters. The fraction of sp³-hybridized carbons (Fsp3) is 0.323. The molecule has 0 atom stereocenters. The molecular weight excluding hydrogens is 507 g/mol. The SMILES string of the molecule is CC.CN/C=C\c1nc(-c2ccc(NC(=O)C3CCCCC3)cc2F)cc(Nc2ccc(CC#N)cn2)c1C=O. The second-order valence-corrected chi connectivity index (χ2v) is 9.12. The molecule has 0 spiro atoms. The quantitative estimate of drug-likeness (QED) is 0.259. The van der Waals surface area contributed by atoms with Gasteiger partial charge in [0.05, 0.1) is 35.1 Å².